The van der Waals surface area contributed by atoms with Crippen LogP contribution >= 0.6 is 11.6 Å². The average molecular weight is 267 g/mol. The number of hydrogen-bond donors (Lipinski definition) is 1. The lowest BCUT2D eigenvalue weighted by Gasteiger charge is -2.44. The first kappa shape index (κ1) is 13.4. The summed E-state index contributed by atoms with van der Waals surface area (Å²) in [6, 6.07) is 7.09. The maximum absolute atomic E-state index is 12.5. The Labute approximate surface area is 113 Å². The molecule has 1 saturated heterocycles. The summed E-state index contributed by atoms with van der Waals surface area (Å²) in [4.78, 5) is 14.4. The van der Waals surface area contributed by atoms with E-state index in [1.807, 2.05) is 4.90 Å². The van der Waals surface area contributed by atoms with Crippen molar-refractivity contribution < 1.29 is 4.79 Å². The molecule has 1 unspecified atom stereocenters. The summed E-state index contributed by atoms with van der Waals surface area (Å²) in [7, 11) is 0. The molecule has 0 radical (unpaired) electrons. The van der Waals surface area contributed by atoms with Gasteiger partial charge in [0.15, 0.2) is 0 Å². The van der Waals surface area contributed by atoms with Crippen molar-refractivity contribution in [1.29, 1.82) is 0 Å². The van der Waals surface area contributed by atoms with Gasteiger partial charge in [-0.25, -0.2) is 0 Å². The van der Waals surface area contributed by atoms with E-state index in [4.69, 9.17) is 17.3 Å². The van der Waals surface area contributed by atoms with E-state index < -0.39 is 0 Å². The van der Waals surface area contributed by atoms with Crippen LogP contribution in [0.3, 0.4) is 0 Å². The summed E-state index contributed by atoms with van der Waals surface area (Å²) in [6.07, 6.45) is 1.91. The zero-order valence-corrected chi connectivity index (χ0v) is 11.6. The Bertz CT molecular complexity index is 442. The smallest absolute Gasteiger partial charge is 0.254 e. The van der Waals surface area contributed by atoms with Crippen LogP contribution in [0.1, 0.15) is 37.0 Å². The van der Waals surface area contributed by atoms with Crippen LogP contribution < -0.4 is 5.73 Å². The van der Waals surface area contributed by atoms with Crippen LogP contribution in [0.25, 0.3) is 0 Å². The molecule has 1 aliphatic rings. The molecule has 18 heavy (non-hydrogen) atoms. The number of rotatable bonds is 1. The number of carbonyl (C=O) groups is 1. The van der Waals surface area contributed by atoms with Gasteiger partial charge in [0.2, 0.25) is 0 Å². The first-order chi connectivity index (χ1) is 8.40. The van der Waals surface area contributed by atoms with Crippen molar-refractivity contribution in [1.82, 2.24) is 4.90 Å². The van der Waals surface area contributed by atoms with Crippen LogP contribution in [0.4, 0.5) is 0 Å². The molecule has 1 aliphatic heterocycles. The summed E-state index contributed by atoms with van der Waals surface area (Å²) in [5.74, 6) is 0.0341. The van der Waals surface area contributed by atoms with E-state index in [-0.39, 0.29) is 17.5 Å². The molecule has 4 heteroatoms. The minimum absolute atomic E-state index is 0.0341. The van der Waals surface area contributed by atoms with E-state index in [9.17, 15) is 4.79 Å². The van der Waals surface area contributed by atoms with Gasteiger partial charge >= 0.3 is 0 Å². The molecule has 0 aromatic heterocycles. The summed E-state index contributed by atoms with van der Waals surface area (Å²) >= 11 is 5.84. The number of likely N-dealkylation sites (tertiary alicyclic amines) is 1. The molecule has 3 nitrogen and oxygen atoms in total. The quantitative estimate of drug-likeness (QED) is 0.850. The van der Waals surface area contributed by atoms with Crippen molar-refractivity contribution >= 4 is 17.5 Å². The number of nitrogens with zero attached hydrogens (tertiary/aromatic N) is 1. The molecule has 1 aromatic rings. The molecule has 1 heterocycles. The highest BCUT2D eigenvalue weighted by molar-refractivity contribution is 6.30. The van der Waals surface area contributed by atoms with Gasteiger partial charge in [-0.3, -0.25) is 4.79 Å². The number of benzene rings is 1. The predicted octanol–water partition coefficient (Wildman–Crippen LogP) is 2.68. The van der Waals surface area contributed by atoms with Crippen molar-refractivity contribution in [3.05, 3.63) is 34.9 Å². The molecule has 1 fully saturated rings. The summed E-state index contributed by atoms with van der Waals surface area (Å²) in [6.45, 7) is 4.80. The lowest BCUT2D eigenvalue weighted by Crippen LogP contribution is -2.56. The summed E-state index contributed by atoms with van der Waals surface area (Å²) in [5.41, 5.74) is 6.51. The van der Waals surface area contributed by atoms with Gasteiger partial charge in [0.1, 0.15) is 0 Å². The molecule has 0 aliphatic carbocycles. The third kappa shape index (κ3) is 2.68. The maximum atomic E-state index is 12.5. The van der Waals surface area contributed by atoms with Crippen LogP contribution in [0.2, 0.25) is 5.02 Å². The van der Waals surface area contributed by atoms with Gasteiger partial charge in [-0.1, -0.05) is 11.6 Å². The SMILES string of the molecule is CC1(C)CCC(N)CN1C(=O)c1ccc(Cl)cc1. The Morgan fingerprint density at radius 3 is 2.61 bits per heavy atom. The van der Waals surface area contributed by atoms with Gasteiger partial charge in [-0.05, 0) is 51.0 Å². The van der Waals surface area contributed by atoms with Crippen molar-refractivity contribution in [3.8, 4) is 0 Å². The molecule has 1 atom stereocenters. The first-order valence-electron chi connectivity index (χ1n) is 6.23. The van der Waals surface area contributed by atoms with Gasteiger partial charge in [-0.15, -0.1) is 0 Å². The van der Waals surface area contributed by atoms with Crippen LogP contribution in [-0.2, 0) is 0 Å². The van der Waals surface area contributed by atoms with Crippen LogP contribution in [0.5, 0.6) is 0 Å². The zero-order chi connectivity index (χ0) is 13.3. The fourth-order valence-corrected chi connectivity index (χ4v) is 2.48. The largest absolute Gasteiger partial charge is 0.332 e. The second-order valence-corrected chi connectivity index (χ2v) is 5.97. The Morgan fingerprint density at radius 2 is 2.00 bits per heavy atom. The Hall–Kier alpha value is -1.06. The van der Waals surface area contributed by atoms with Crippen molar-refractivity contribution in [2.75, 3.05) is 6.54 Å². The highest BCUT2D eigenvalue weighted by Gasteiger charge is 2.36. The van der Waals surface area contributed by atoms with Crippen molar-refractivity contribution in [2.24, 2.45) is 5.73 Å². The standard InChI is InChI=1S/C14H19ClN2O/c1-14(2)8-7-12(16)9-17(14)13(18)10-3-5-11(15)6-4-10/h3-6,12H,7-9,16H2,1-2H3. The summed E-state index contributed by atoms with van der Waals surface area (Å²) < 4.78 is 0. The number of nitrogens with two attached hydrogens (primary N) is 1. The molecule has 0 bridgehead atoms. The molecular weight excluding hydrogens is 248 g/mol. The molecule has 0 saturated carbocycles. The fraction of sp³-hybridized carbons (Fsp3) is 0.500. The number of piperidine rings is 1. The second kappa shape index (κ2) is 4.90. The Balaban J connectivity index is 2.23. The number of carbonyl (C=O) groups excluding carboxylic acids is 1. The second-order valence-electron chi connectivity index (χ2n) is 5.53. The predicted molar refractivity (Wildman–Crippen MR) is 73.8 cm³/mol. The van der Waals surface area contributed by atoms with Crippen molar-refractivity contribution in [3.63, 3.8) is 0 Å². The average Bonchev–Trinajstić information content (AvgIpc) is 2.32. The monoisotopic (exact) mass is 266 g/mol. The van der Waals surface area contributed by atoms with Gasteiger partial charge in [0.25, 0.3) is 5.91 Å². The van der Waals surface area contributed by atoms with E-state index in [1.165, 1.54) is 0 Å². The van der Waals surface area contributed by atoms with Gasteiger partial charge < -0.3 is 10.6 Å². The number of amides is 1. The first-order valence-corrected chi connectivity index (χ1v) is 6.61. The van der Waals surface area contributed by atoms with Gasteiger partial charge in [0, 0.05) is 28.7 Å². The van der Waals surface area contributed by atoms with E-state index in [0.717, 1.165) is 12.8 Å². The highest BCUT2D eigenvalue weighted by Crippen LogP contribution is 2.28. The van der Waals surface area contributed by atoms with Crippen molar-refractivity contribution in [2.45, 2.75) is 38.3 Å². The number of hydrogen-bond acceptors (Lipinski definition) is 2. The van der Waals surface area contributed by atoms with E-state index in [2.05, 4.69) is 13.8 Å². The molecule has 0 spiro atoms. The topological polar surface area (TPSA) is 46.3 Å². The third-order valence-electron chi connectivity index (χ3n) is 3.61. The zero-order valence-electron chi connectivity index (χ0n) is 10.8. The maximum Gasteiger partial charge on any atom is 0.254 e. The normalized spacial score (nSPS) is 22.9. The molecule has 1 aromatic carbocycles. The highest BCUT2D eigenvalue weighted by atomic mass is 35.5. The van der Waals surface area contributed by atoms with E-state index in [0.29, 0.717) is 17.1 Å². The lowest BCUT2D eigenvalue weighted by atomic mass is 9.87. The fourth-order valence-electron chi connectivity index (χ4n) is 2.35. The lowest BCUT2D eigenvalue weighted by molar-refractivity contribution is 0.0395. The number of halogens is 1. The molecular formula is C14H19ClN2O. The minimum Gasteiger partial charge on any atom is -0.332 e. The van der Waals surface area contributed by atoms with Gasteiger partial charge in [-0.2, -0.15) is 0 Å². The minimum atomic E-state index is -0.132. The van der Waals surface area contributed by atoms with Crippen LogP contribution in [-0.4, -0.2) is 28.9 Å². The van der Waals surface area contributed by atoms with E-state index in [1.54, 1.807) is 24.3 Å². The third-order valence-corrected chi connectivity index (χ3v) is 3.86. The van der Waals surface area contributed by atoms with Crippen LogP contribution in [0.15, 0.2) is 24.3 Å². The molecule has 2 rings (SSSR count). The van der Waals surface area contributed by atoms with Gasteiger partial charge in [0.05, 0.1) is 0 Å². The molecule has 1 amide bonds. The molecule has 2 N–H and O–H groups in total. The summed E-state index contributed by atoms with van der Waals surface area (Å²) in [5, 5.41) is 0.640. The van der Waals surface area contributed by atoms with E-state index >= 15 is 0 Å². The Kier molecular flexibility index (Phi) is 3.64. The molecule has 98 valence electrons. The van der Waals surface area contributed by atoms with Crippen LogP contribution in [0, 0.1) is 0 Å². The Morgan fingerprint density at radius 1 is 1.39 bits per heavy atom.